The fourth-order valence-corrected chi connectivity index (χ4v) is 2.43. The normalized spacial score (nSPS) is 18.2. The van der Waals surface area contributed by atoms with Gasteiger partial charge in [0.15, 0.2) is 0 Å². The lowest BCUT2D eigenvalue weighted by molar-refractivity contribution is 0.367. The lowest BCUT2D eigenvalue weighted by Crippen LogP contribution is -2.45. The minimum Gasteiger partial charge on any atom is -0.508 e. The van der Waals surface area contributed by atoms with Gasteiger partial charge in [-0.3, -0.25) is 0 Å². The molecular formula is C13H19NO2. The Hall–Kier alpha value is -1.22. The van der Waals surface area contributed by atoms with E-state index < -0.39 is 0 Å². The van der Waals surface area contributed by atoms with E-state index in [1.807, 2.05) is 26.0 Å². The molecule has 0 saturated heterocycles. The van der Waals surface area contributed by atoms with Crippen LogP contribution in [0.4, 0.5) is 0 Å². The van der Waals surface area contributed by atoms with E-state index in [0.29, 0.717) is 5.75 Å². The van der Waals surface area contributed by atoms with Gasteiger partial charge in [0.25, 0.3) is 0 Å². The van der Waals surface area contributed by atoms with E-state index in [9.17, 15) is 5.11 Å². The number of rotatable bonds is 3. The van der Waals surface area contributed by atoms with Crippen LogP contribution in [0.25, 0.3) is 0 Å². The summed E-state index contributed by atoms with van der Waals surface area (Å²) < 4.78 is 5.08. The molecule has 0 aliphatic heterocycles. The molecule has 0 spiro atoms. The van der Waals surface area contributed by atoms with Crippen LogP contribution >= 0.6 is 0 Å². The van der Waals surface area contributed by atoms with Gasteiger partial charge in [0.2, 0.25) is 0 Å². The molecule has 3 nitrogen and oxygen atoms in total. The number of phenols is 1. The minimum atomic E-state index is -0.306. The number of hydrogen-bond donors (Lipinski definition) is 2. The summed E-state index contributed by atoms with van der Waals surface area (Å²) in [7, 11) is 1.59. The third kappa shape index (κ3) is 1.55. The van der Waals surface area contributed by atoms with Crippen molar-refractivity contribution >= 4 is 0 Å². The van der Waals surface area contributed by atoms with E-state index in [2.05, 4.69) is 0 Å². The van der Waals surface area contributed by atoms with E-state index >= 15 is 0 Å². The summed E-state index contributed by atoms with van der Waals surface area (Å²) in [5.74, 6) is 0.960. The van der Waals surface area contributed by atoms with E-state index in [1.54, 1.807) is 13.2 Å². The monoisotopic (exact) mass is 221 g/mol. The highest BCUT2D eigenvalue weighted by molar-refractivity contribution is 5.48. The van der Waals surface area contributed by atoms with Gasteiger partial charge in [-0.2, -0.15) is 0 Å². The van der Waals surface area contributed by atoms with Crippen LogP contribution in [0.2, 0.25) is 0 Å². The van der Waals surface area contributed by atoms with Crippen molar-refractivity contribution in [2.24, 2.45) is 5.73 Å². The smallest absolute Gasteiger partial charge is 0.123 e. The van der Waals surface area contributed by atoms with Crippen molar-refractivity contribution in [1.29, 1.82) is 0 Å². The third-order valence-corrected chi connectivity index (χ3v) is 3.70. The predicted molar refractivity (Wildman–Crippen MR) is 63.8 cm³/mol. The molecule has 0 radical (unpaired) electrons. The molecule has 1 aliphatic rings. The van der Waals surface area contributed by atoms with Gasteiger partial charge in [-0.05, 0) is 32.8 Å². The first-order valence-electron chi connectivity index (χ1n) is 5.57. The molecule has 0 aromatic heterocycles. The fourth-order valence-electron chi connectivity index (χ4n) is 2.43. The summed E-state index contributed by atoms with van der Waals surface area (Å²) in [6.45, 7) is 4.04. The average Bonchev–Trinajstić information content (AvgIpc) is 2.97. The molecule has 0 amide bonds. The standard InChI is InChI=1S/C13H19NO2/c1-12(2,14)13(6-7-13)10-5-4-9(16-3)8-11(10)15/h4-5,8,15H,6-7,14H2,1-3H3. The largest absolute Gasteiger partial charge is 0.508 e. The van der Waals surface area contributed by atoms with Gasteiger partial charge >= 0.3 is 0 Å². The Morgan fingerprint density at radius 1 is 1.38 bits per heavy atom. The summed E-state index contributed by atoms with van der Waals surface area (Å²) in [5.41, 5.74) is 6.78. The first-order chi connectivity index (χ1) is 7.40. The molecule has 0 atom stereocenters. The molecule has 2 rings (SSSR count). The molecule has 1 aromatic carbocycles. The topological polar surface area (TPSA) is 55.5 Å². The maximum atomic E-state index is 10.0. The van der Waals surface area contributed by atoms with E-state index in [1.165, 1.54) is 0 Å². The number of aromatic hydroxyl groups is 1. The summed E-state index contributed by atoms with van der Waals surface area (Å²) in [6, 6.07) is 5.46. The Bertz CT molecular complexity index is 403. The Kier molecular flexibility index (Phi) is 2.39. The van der Waals surface area contributed by atoms with Crippen LogP contribution in [-0.2, 0) is 5.41 Å². The summed E-state index contributed by atoms with van der Waals surface area (Å²) in [5, 5.41) is 10.0. The molecule has 0 heterocycles. The van der Waals surface area contributed by atoms with Crippen LogP contribution in [0.3, 0.4) is 0 Å². The quantitative estimate of drug-likeness (QED) is 0.822. The number of benzene rings is 1. The lowest BCUT2D eigenvalue weighted by atomic mass is 9.79. The van der Waals surface area contributed by atoms with Crippen molar-refractivity contribution in [3.63, 3.8) is 0 Å². The Morgan fingerprint density at radius 3 is 2.38 bits per heavy atom. The van der Waals surface area contributed by atoms with Gasteiger partial charge in [0, 0.05) is 22.6 Å². The molecule has 3 heteroatoms. The molecule has 1 fully saturated rings. The average molecular weight is 221 g/mol. The summed E-state index contributed by atoms with van der Waals surface area (Å²) >= 11 is 0. The summed E-state index contributed by atoms with van der Waals surface area (Å²) in [4.78, 5) is 0. The molecule has 0 unspecified atom stereocenters. The molecular weight excluding hydrogens is 202 g/mol. The lowest BCUT2D eigenvalue weighted by Gasteiger charge is -2.31. The number of methoxy groups -OCH3 is 1. The second-order valence-corrected chi connectivity index (χ2v) is 5.19. The van der Waals surface area contributed by atoms with Crippen molar-refractivity contribution in [3.05, 3.63) is 23.8 Å². The van der Waals surface area contributed by atoms with Crippen LogP contribution in [0.15, 0.2) is 18.2 Å². The molecule has 0 bridgehead atoms. The van der Waals surface area contributed by atoms with Crippen molar-refractivity contribution in [2.75, 3.05) is 7.11 Å². The number of nitrogens with two attached hydrogens (primary N) is 1. The van der Waals surface area contributed by atoms with Crippen molar-refractivity contribution < 1.29 is 9.84 Å². The molecule has 1 aliphatic carbocycles. The van der Waals surface area contributed by atoms with Crippen LogP contribution in [0.1, 0.15) is 32.3 Å². The molecule has 1 saturated carbocycles. The highest BCUT2D eigenvalue weighted by Crippen LogP contribution is 2.57. The zero-order chi connectivity index (χ0) is 12.0. The number of ether oxygens (including phenoxy) is 1. The molecule has 16 heavy (non-hydrogen) atoms. The third-order valence-electron chi connectivity index (χ3n) is 3.70. The maximum Gasteiger partial charge on any atom is 0.123 e. The van der Waals surface area contributed by atoms with Crippen LogP contribution in [0, 0.1) is 0 Å². The van der Waals surface area contributed by atoms with Gasteiger partial charge < -0.3 is 15.6 Å². The SMILES string of the molecule is COc1ccc(C2(C(C)(C)N)CC2)c(O)c1. The predicted octanol–water partition coefficient (Wildman–Crippen LogP) is 2.17. The zero-order valence-electron chi connectivity index (χ0n) is 10.1. The number of hydrogen-bond acceptors (Lipinski definition) is 3. The Morgan fingerprint density at radius 2 is 2.00 bits per heavy atom. The molecule has 88 valence electrons. The zero-order valence-corrected chi connectivity index (χ0v) is 10.1. The van der Waals surface area contributed by atoms with E-state index in [4.69, 9.17) is 10.5 Å². The Labute approximate surface area is 96.2 Å². The summed E-state index contributed by atoms with van der Waals surface area (Å²) in [6.07, 6.45) is 2.08. The van der Waals surface area contributed by atoms with E-state index in [-0.39, 0.29) is 16.7 Å². The Balaban J connectivity index is 2.42. The van der Waals surface area contributed by atoms with Crippen molar-refractivity contribution in [2.45, 2.75) is 37.6 Å². The van der Waals surface area contributed by atoms with Crippen LogP contribution in [-0.4, -0.2) is 17.8 Å². The second kappa shape index (κ2) is 3.39. The van der Waals surface area contributed by atoms with Gasteiger partial charge in [0.1, 0.15) is 11.5 Å². The fraction of sp³-hybridized carbons (Fsp3) is 0.538. The molecule has 1 aromatic rings. The van der Waals surface area contributed by atoms with Crippen LogP contribution in [0.5, 0.6) is 11.5 Å². The first kappa shape index (κ1) is 11.3. The van der Waals surface area contributed by atoms with E-state index in [0.717, 1.165) is 18.4 Å². The van der Waals surface area contributed by atoms with Crippen molar-refractivity contribution in [1.82, 2.24) is 0 Å². The number of phenolic OH excluding ortho intramolecular Hbond substituents is 1. The first-order valence-corrected chi connectivity index (χ1v) is 5.57. The minimum absolute atomic E-state index is 0.0661. The van der Waals surface area contributed by atoms with Crippen molar-refractivity contribution in [3.8, 4) is 11.5 Å². The maximum absolute atomic E-state index is 10.0. The highest BCUT2D eigenvalue weighted by Gasteiger charge is 2.54. The molecule has 3 N–H and O–H groups in total. The van der Waals surface area contributed by atoms with Gasteiger partial charge in [-0.25, -0.2) is 0 Å². The van der Waals surface area contributed by atoms with Gasteiger partial charge in [-0.1, -0.05) is 6.07 Å². The van der Waals surface area contributed by atoms with Gasteiger partial charge in [-0.15, -0.1) is 0 Å². The van der Waals surface area contributed by atoms with Crippen LogP contribution < -0.4 is 10.5 Å². The highest BCUT2D eigenvalue weighted by atomic mass is 16.5. The second-order valence-electron chi connectivity index (χ2n) is 5.19. The van der Waals surface area contributed by atoms with Gasteiger partial charge in [0.05, 0.1) is 7.11 Å².